The maximum absolute atomic E-state index is 13.2. The molecule has 146 valence electrons. The Morgan fingerprint density at radius 3 is 2.64 bits per heavy atom. The third-order valence-electron chi connectivity index (χ3n) is 5.59. The number of alkyl halides is 1. The highest BCUT2D eigenvalue weighted by Gasteiger charge is 2.20. The summed E-state index contributed by atoms with van der Waals surface area (Å²) in [5.41, 5.74) is 2.93. The summed E-state index contributed by atoms with van der Waals surface area (Å²) in [6.07, 6.45) is 4.34. The molecular weight excluding hydrogens is 355 g/mol. The lowest BCUT2D eigenvalue weighted by Crippen LogP contribution is -2.38. The minimum Gasteiger partial charge on any atom is -0.331 e. The third kappa shape index (κ3) is 3.97. The van der Waals surface area contributed by atoms with Crippen molar-refractivity contribution in [1.82, 2.24) is 19.4 Å². The molecule has 28 heavy (non-hydrogen) atoms. The number of pyridine rings is 1. The molecule has 0 spiro atoms. The fourth-order valence-corrected chi connectivity index (χ4v) is 3.78. The van der Waals surface area contributed by atoms with Crippen molar-refractivity contribution in [2.75, 3.05) is 19.6 Å². The Bertz CT molecular complexity index is 1000. The van der Waals surface area contributed by atoms with E-state index < -0.39 is 6.17 Å². The number of hydrogen-bond acceptors (Lipinski definition) is 4. The van der Waals surface area contributed by atoms with E-state index in [2.05, 4.69) is 26.7 Å². The lowest BCUT2D eigenvalue weighted by molar-refractivity contribution is -0.120. The molecule has 3 heterocycles. The summed E-state index contributed by atoms with van der Waals surface area (Å²) in [7, 11) is 2.00. The number of halogens is 1. The smallest absolute Gasteiger partial charge is 0.152 e. The highest BCUT2D eigenvalue weighted by molar-refractivity contribution is 5.88. The molecule has 0 atom stereocenters. The Kier molecular flexibility index (Phi) is 5.22. The van der Waals surface area contributed by atoms with E-state index in [0.29, 0.717) is 38.9 Å². The van der Waals surface area contributed by atoms with Gasteiger partial charge in [0, 0.05) is 43.0 Å². The molecule has 2 aromatic heterocycles. The van der Waals surface area contributed by atoms with Crippen LogP contribution >= 0.6 is 0 Å². The van der Waals surface area contributed by atoms with Crippen molar-refractivity contribution in [3.8, 4) is 11.3 Å². The molecule has 0 radical (unpaired) electrons. The van der Waals surface area contributed by atoms with Gasteiger partial charge in [0.2, 0.25) is 0 Å². The first-order chi connectivity index (χ1) is 13.5. The second kappa shape index (κ2) is 7.80. The number of benzene rings is 1. The van der Waals surface area contributed by atoms with E-state index in [1.165, 1.54) is 0 Å². The lowest BCUT2D eigenvalue weighted by atomic mass is 10.0. The molecule has 1 aliphatic rings. The van der Waals surface area contributed by atoms with Gasteiger partial charge < -0.3 is 4.57 Å². The number of hydrogen-bond donors (Lipinski definition) is 0. The molecular formula is C22H25FN4O. The highest BCUT2D eigenvalue weighted by Crippen LogP contribution is 2.25. The number of aromatic nitrogens is 3. The van der Waals surface area contributed by atoms with Gasteiger partial charge in [-0.3, -0.25) is 14.7 Å². The monoisotopic (exact) mass is 380 g/mol. The van der Waals surface area contributed by atoms with Gasteiger partial charge in [-0.1, -0.05) is 12.1 Å². The maximum atomic E-state index is 13.2. The molecule has 1 aromatic carbocycles. The number of carbonyl (C=O) groups excluding carboxylic acids is 1. The zero-order valence-electron chi connectivity index (χ0n) is 16.4. The van der Waals surface area contributed by atoms with Crippen LogP contribution in [0.3, 0.4) is 0 Å². The Labute approximate surface area is 164 Å². The molecule has 1 saturated heterocycles. The van der Waals surface area contributed by atoms with E-state index in [0.717, 1.165) is 33.5 Å². The summed E-state index contributed by atoms with van der Waals surface area (Å²) in [6, 6.07) is 8.23. The van der Waals surface area contributed by atoms with Crippen LogP contribution in [0.15, 0.2) is 36.7 Å². The topological polar surface area (TPSA) is 51.0 Å². The number of aryl methyl sites for hydroxylation is 1. The first kappa shape index (κ1) is 18.7. The number of fused-ring (bicyclic) bond motifs is 1. The molecule has 0 aliphatic carbocycles. The molecule has 0 bridgehead atoms. The van der Waals surface area contributed by atoms with Crippen molar-refractivity contribution in [2.24, 2.45) is 7.05 Å². The van der Waals surface area contributed by atoms with Crippen molar-refractivity contribution in [3.05, 3.63) is 48.2 Å². The zero-order valence-corrected chi connectivity index (χ0v) is 16.4. The molecule has 6 heteroatoms. The lowest BCUT2D eigenvalue weighted by Gasteiger charge is -2.27. The van der Waals surface area contributed by atoms with Gasteiger partial charge >= 0.3 is 0 Å². The Hall–Kier alpha value is -2.60. The van der Waals surface area contributed by atoms with Crippen LogP contribution in [-0.4, -0.2) is 51.0 Å². The SMILES string of the molecule is Cc1ncc(-c2ccc3cnc(CC(=O)CN4CCC(F)CC4)cc3c2)n1C. The zero-order chi connectivity index (χ0) is 19.7. The van der Waals surface area contributed by atoms with Crippen molar-refractivity contribution in [1.29, 1.82) is 0 Å². The van der Waals surface area contributed by atoms with Crippen molar-refractivity contribution in [2.45, 2.75) is 32.4 Å². The molecule has 0 amide bonds. The highest BCUT2D eigenvalue weighted by atomic mass is 19.1. The van der Waals surface area contributed by atoms with Crippen LogP contribution in [0, 0.1) is 6.92 Å². The van der Waals surface area contributed by atoms with Gasteiger partial charge in [-0.15, -0.1) is 0 Å². The minimum absolute atomic E-state index is 0.127. The van der Waals surface area contributed by atoms with Gasteiger partial charge in [0.25, 0.3) is 0 Å². The minimum atomic E-state index is -0.717. The maximum Gasteiger partial charge on any atom is 0.152 e. The van der Waals surface area contributed by atoms with Gasteiger partial charge in [-0.25, -0.2) is 9.37 Å². The molecule has 3 aromatic rings. The summed E-state index contributed by atoms with van der Waals surface area (Å²) in [5.74, 6) is 1.09. The van der Waals surface area contributed by atoms with Gasteiger partial charge in [-0.2, -0.15) is 0 Å². The summed E-state index contributed by atoms with van der Waals surface area (Å²) < 4.78 is 15.3. The van der Waals surface area contributed by atoms with Crippen molar-refractivity contribution < 1.29 is 9.18 Å². The van der Waals surface area contributed by atoms with E-state index in [9.17, 15) is 9.18 Å². The fraction of sp³-hybridized carbons (Fsp3) is 0.409. The first-order valence-electron chi connectivity index (χ1n) is 9.75. The van der Waals surface area contributed by atoms with Crippen LogP contribution in [-0.2, 0) is 18.3 Å². The Morgan fingerprint density at radius 1 is 1.14 bits per heavy atom. The summed E-state index contributed by atoms with van der Waals surface area (Å²) in [6.45, 7) is 3.67. The van der Waals surface area contributed by atoms with Crippen LogP contribution in [0.5, 0.6) is 0 Å². The van der Waals surface area contributed by atoms with E-state index in [1.54, 1.807) is 0 Å². The van der Waals surface area contributed by atoms with Crippen LogP contribution in [0.4, 0.5) is 4.39 Å². The fourth-order valence-electron chi connectivity index (χ4n) is 3.78. The summed E-state index contributed by atoms with van der Waals surface area (Å²) in [4.78, 5) is 23.3. The number of rotatable bonds is 5. The van der Waals surface area contributed by atoms with Gasteiger partial charge in [0.05, 0.1) is 24.9 Å². The van der Waals surface area contributed by atoms with Gasteiger partial charge in [0.15, 0.2) is 5.78 Å². The number of carbonyl (C=O) groups is 1. The van der Waals surface area contributed by atoms with E-state index in [-0.39, 0.29) is 5.78 Å². The second-order valence-corrected chi connectivity index (χ2v) is 7.65. The molecule has 0 N–H and O–H groups in total. The van der Waals surface area contributed by atoms with Gasteiger partial charge in [-0.05, 0) is 37.3 Å². The molecule has 4 rings (SSSR count). The second-order valence-electron chi connectivity index (χ2n) is 7.65. The normalized spacial score (nSPS) is 16.0. The first-order valence-corrected chi connectivity index (χ1v) is 9.75. The van der Waals surface area contributed by atoms with Crippen LogP contribution < -0.4 is 0 Å². The van der Waals surface area contributed by atoms with Crippen molar-refractivity contribution in [3.63, 3.8) is 0 Å². The standard InChI is InChI=1S/C22H25FN4O/c1-15-24-13-22(26(15)2)16-3-4-17-12-25-20(10-18(17)9-16)11-21(28)14-27-7-5-19(23)6-8-27/h3-4,9-10,12-13,19H,5-8,11,14H2,1-2H3. The average Bonchev–Trinajstić information content (AvgIpc) is 3.02. The molecule has 0 unspecified atom stereocenters. The van der Waals surface area contributed by atoms with Crippen molar-refractivity contribution >= 4 is 16.6 Å². The average molecular weight is 380 g/mol. The molecule has 0 saturated carbocycles. The van der Waals surface area contributed by atoms with Crippen LogP contribution in [0.1, 0.15) is 24.4 Å². The van der Waals surface area contributed by atoms with E-state index in [1.807, 2.05) is 43.4 Å². The number of likely N-dealkylation sites (tertiary alicyclic amines) is 1. The molecule has 1 fully saturated rings. The largest absolute Gasteiger partial charge is 0.331 e. The van der Waals surface area contributed by atoms with Crippen LogP contribution in [0.25, 0.3) is 22.0 Å². The number of piperidine rings is 1. The van der Waals surface area contributed by atoms with Gasteiger partial charge in [0.1, 0.15) is 12.0 Å². The van der Waals surface area contributed by atoms with Crippen LogP contribution in [0.2, 0.25) is 0 Å². The summed E-state index contributed by atoms with van der Waals surface area (Å²) >= 11 is 0. The van der Waals surface area contributed by atoms with E-state index >= 15 is 0 Å². The number of imidazole rings is 1. The molecule has 1 aliphatic heterocycles. The summed E-state index contributed by atoms with van der Waals surface area (Å²) in [5, 5.41) is 2.11. The Morgan fingerprint density at radius 2 is 1.93 bits per heavy atom. The number of Topliss-reactive ketones (excluding diaryl/α,β-unsaturated/α-hetero) is 1. The quantitative estimate of drug-likeness (QED) is 0.680. The number of ketones is 1. The third-order valence-corrected chi connectivity index (χ3v) is 5.59. The Balaban J connectivity index is 1.50. The number of nitrogens with zero attached hydrogens (tertiary/aromatic N) is 4. The predicted octanol–water partition coefficient (Wildman–Crippen LogP) is 3.49. The van der Waals surface area contributed by atoms with E-state index in [4.69, 9.17) is 0 Å². The predicted molar refractivity (Wildman–Crippen MR) is 108 cm³/mol. The molecule has 5 nitrogen and oxygen atoms in total.